The molecular weight excluding hydrogens is 347 g/mol. The number of rotatable bonds is 4. The summed E-state index contributed by atoms with van der Waals surface area (Å²) in [6, 6.07) is 3.75. The van der Waals surface area contributed by atoms with Crippen molar-refractivity contribution in [3.05, 3.63) is 21.9 Å². The Bertz CT molecular complexity index is 405. The molecule has 18 heavy (non-hydrogen) atoms. The molecule has 1 N–H and O–H groups in total. The van der Waals surface area contributed by atoms with Gasteiger partial charge in [-0.25, -0.2) is 9.78 Å². The van der Waals surface area contributed by atoms with Crippen LogP contribution in [0.1, 0.15) is 20.8 Å². The summed E-state index contributed by atoms with van der Waals surface area (Å²) in [5.74, 6) is 0.573. The zero-order chi connectivity index (χ0) is 13.6. The molecule has 1 aromatic heterocycles. The van der Waals surface area contributed by atoms with Gasteiger partial charge in [0.15, 0.2) is 0 Å². The number of carbonyl (C=O) groups excluding carboxylic acids is 1. The summed E-state index contributed by atoms with van der Waals surface area (Å²) in [5.41, 5.74) is -0.485. The van der Waals surface area contributed by atoms with Crippen molar-refractivity contribution in [2.75, 3.05) is 13.2 Å². The van der Waals surface area contributed by atoms with E-state index >= 15 is 0 Å². The van der Waals surface area contributed by atoms with E-state index in [0.717, 1.165) is 3.57 Å². The monoisotopic (exact) mass is 364 g/mol. The van der Waals surface area contributed by atoms with E-state index in [1.54, 1.807) is 6.20 Å². The number of nitrogens with one attached hydrogen (secondary N) is 1. The van der Waals surface area contributed by atoms with Crippen LogP contribution in [0.3, 0.4) is 0 Å². The van der Waals surface area contributed by atoms with Crippen LogP contribution in [0, 0.1) is 3.57 Å². The Labute approximate surface area is 120 Å². The van der Waals surface area contributed by atoms with Crippen LogP contribution in [0.5, 0.6) is 5.88 Å². The van der Waals surface area contributed by atoms with Crippen LogP contribution in [-0.4, -0.2) is 29.8 Å². The van der Waals surface area contributed by atoms with Crippen LogP contribution in [0.2, 0.25) is 0 Å². The first-order valence-corrected chi connectivity index (χ1v) is 6.66. The number of carbonyl (C=O) groups is 1. The first-order chi connectivity index (χ1) is 8.38. The summed E-state index contributed by atoms with van der Waals surface area (Å²) in [5, 5.41) is 2.61. The lowest BCUT2D eigenvalue weighted by molar-refractivity contribution is 0.0520. The highest BCUT2D eigenvalue weighted by Gasteiger charge is 2.15. The first kappa shape index (κ1) is 15.0. The highest BCUT2D eigenvalue weighted by atomic mass is 127. The second kappa shape index (κ2) is 6.77. The third kappa shape index (κ3) is 6.04. The maximum Gasteiger partial charge on any atom is 0.407 e. The fourth-order valence-corrected chi connectivity index (χ4v) is 1.59. The molecule has 0 bridgehead atoms. The number of hydrogen-bond donors (Lipinski definition) is 1. The first-order valence-electron chi connectivity index (χ1n) is 5.58. The molecule has 0 aromatic carbocycles. The summed E-state index contributed by atoms with van der Waals surface area (Å²) in [6.45, 7) is 6.19. The van der Waals surface area contributed by atoms with Crippen molar-refractivity contribution in [1.29, 1.82) is 0 Å². The van der Waals surface area contributed by atoms with Crippen LogP contribution in [0.4, 0.5) is 4.79 Å². The molecule has 100 valence electrons. The molecule has 5 nitrogen and oxygen atoms in total. The molecule has 1 heterocycles. The Kier molecular flexibility index (Phi) is 5.64. The summed E-state index contributed by atoms with van der Waals surface area (Å²) in [4.78, 5) is 15.4. The van der Waals surface area contributed by atoms with Crippen LogP contribution in [-0.2, 0) is 4.74 Å². The predicted octanol–water partition coefficient (Wildman–Crippen LogP) is 2.59. The van der Waals surface area contributed by atoms with Crippen molar-refractivity contribution in [1.82, 2.24) is 10.3 Å². The molecule has 0 aliphatic carbocycles. The standard InChI is InChI=1S/C12H17IN2O3/c1-12(2,3)18-11(16)15-7-8-17-10-9(13)5-4-6-14-10/h4-6H,7-8H2,1-3H3,(H,15,16). The molecule has 0 unspecified atom stereocenters. The zero-order valence-corrected chi connectivity index (χ0v) is 12.9. The summed E-state index contributed by atoms with van der Waals surface area (Å²) >= 11 is 2.14. The molecule has 1 rings (SSSR count). The Morgan fingerprint density at radius 3 is 2.83 bits per heavy atom. The summed E-state index contributed by atoms with van der Waals surface area (Å²) < 4.78 is 11.5. The van der Waals surface area contributed by atoms with E-state index in [-0.39, 0.29) is 0 Å². The average molecular weight is 364 g/mol. The minimum absolute atomic E-state index is 0.353. The van der Waals surface area contributed by atoms with Gasteiger partial charge in [-0.3, -0.25) is 0 Å². The number of halogens is 1. The molecule has 6 heteroatoms. The number of amides is 1. The Morgan fingerprint density at radius 1 is 1.50 bits per heavy atom. The van der Waals surface area contributed by atoms with Gasteiger partial charge in [0, 0.05) is 6.20 Å². The third-order valence-corrected chi connectivity index (χ3v) is 2.55. The fraction of sp³-hybridized carbons (Fsp3) is 0.500. The zero-order valence-electron chi connectivity index (χ0n) is 10.7. The van der Waals surface area contributed by atoms with Gasteiger partial charge in [0.2, 0.25) is 5.88 Å². The lowest BCUT2D eigenvalue weighted by atomic mass is 10.2. The molecule has 0 radical (unpaired) electrons. The van der Waals surface area contributed by atoms with Crippen molar-refractivity contribution in [3.8, 4) is 5.88 Å². The number of nitrogens with zero attached hydrogens (tertiary/aromatic N) is 1. The summed E-state index contributed by atoms with van der Waals surface area (Å²) in [7, 11) is 0. The van der Waals surface area contributed by atoms with E-state index in [0.29, 0.717) is 19.0 Å². The van der Waals surface area contributed by atoms with Crippen LogP contribution < -0.4 is 10.1 Å². The van der Waals surface area contributed by atoms with Crippen molar-refractivity contribution < 1.29 is 14.3 Å². The number of pyridine rings is 1. The highest BCUT2D eigenvalue weighted by Crippen LogP contribution is 2.15. The van der Waals surface area contributed by atoms with Gasteiger partial charge < -0.3 is 14.8 Å². The molecule has 1 amide bonds. The molecule has 0 spiro atoms. The van der Waals surface area contributed by atoms with Crippen molar-refractivity contribution >= 4 is 28.7 Å². The number of alkyl carbamates (subject to hydrolysis) is 1. The Hall–Kier alpha value is -1.05. The Morgan fingerprint density at radius 2 is 2.22 bits per heavy atom. The van der Waals surface area contributed by atoms with E-state index < -0.39 is 11.7 Å². The number of hydrogen-bond acceptors (Lipinski definition) is 4. The fourth-order valence-electron chi connectivity index (χ4n) is 1.09. The van der Waals surface area contributed by atoms with Gasteiger partial charge in [-0.05, 0) is 55.5 Å². The van der Waals surface area contributed by atoms with E-state index in [9.17, 15) is 4.79 Å². The second-order valence-electron chi connectivity index (χ2n) is 4.57. The van der Waals surface area contributed by atoms with Gasteiger partial charge in [0.25, 0.3) is 0 Å². The van der Waals surface area contributed by atoms with Gasteiger partial charge >= 0.3 is 6.09 Å². The SMILES string of the molecule is CC(C)(C)OC(=O)NCCOc1ncccc1I. The molecule has 0 atom stereocenters. The van der Waals surface area contributed by atoms with Crippen LogP contribution >= 0.6 is 22.6 Å². The van der Waals surface area contributed by atoms with Gasteiger partial charge in [-0.1, -0.05) is 0 Å². The maximum absolute atomic E-state index is 11.3. The van der Waals surface area contributed by atoms with Crippen molar-refractivity contribution in [2.45, 2.75) is 26.4 Å². The molecule has 0 saturated heterocycles. The Balaban J connectivity index is 2.23. The largest absolute Gasteiger partial charge is 0.475 e. The van der Waals surface area contributed by atoms with Gasteiger partial charge in [0.05, 0.1) is 10.1 Å². The number of ether oxygens (including phenoxy) is 2. The normalized spacial score (nSPS) is 10.9. The lowest BCUT2D eigenvalue weighted by Gasteiger charge is -2.19. The smallest absolute Gasteiger partial charge is 0.407 e. The maximum atomic E-state index is 11.3. The molecule has 0 saturated carbocycles. The van der Waals surface area contributed by atoms with Crippen molar-refractivity contribution in [3.63, 3.8) is 0 Å². The average Bonchev–Trinajstić information content (AvgIpc) is 2.24. The van der Waals surface area contributed by atoms with Gasteiger partial charge in [-0.2, -0.15) is 0 Å². The second-order valence-corrected chi connectivity index (χ2v) is 5.73. The van der Waals surface area contributed by atoms with Gasteiger partial charge in [-0.15, -0.1) is 0 Å². The van der Waals surface area contributed by atoms with Crippen LogP contribution in [0.15, 0.2) is 18.3 Å². The minimum Gasteiger partial charge on any atom is -0.475 e. The van der Waals surface area contributed by atoms with E-state index in [2.05, 4.69) is 32.9 Å². The number of aromatic nitrogens is 1. The quantitative estimate of drug-likeness (QED) is 0.659. The lowest BCUT2D eigenvalue weighted by Crippen LogP contribution is -2.34. The third-order valence-electron chi connectivity index (χ3n) is 1.73. The minimum atomic E-state index is -0.485. The van der Waals surface area contributed by atoms with E-state index in [4.69, 9.17) is 9.47 Å². The van der Waals surface area contributed by atoms with Crippen molar-refractivity contribution in [2.24, 2.45) is 0 Å². The molecule has 0 aliphatic heterocycles. The van der Waals surface area contributed by atoms with E-state index in [1.807, 2.05) is 32.9 Å². The summed E-state index contributed by atoms with van der Waals surface area (Å²) in [6.07, 6.45) is 1.22. The molecule has 1 aromatic rings. The van der Waals surface area contributed by atoms with Crippen LogP contribution in [0.25, 0.3) is 0 Å². The predicted molar refractivity (Wildman–Crippen MR) is 76.7 cm³/mol. The molecular formula is C12H17IN2O3. The van der Waals surface area contributed by atoms with Gasteiger partial charge in [0.1, 0.15) is 12.2 Å². The molecule has 0 aliphatic rings. The van der Waals surface area contributed by atoms with E-state index in [1.165, 1.54) is 0 Å². The highest BCUT2D eigenvalue weighted by molar-refractivity contribution is 14.1. The molecule has 0 fully saturated rings. The topological polar surface area (TPSA) is 60.5 Å².